The standard InChI is InChI=1S/C30H29ClFN5O2/c1-29-17-30(29,18-29)36-10-8-35(9-11-36)26-14-20(5-6-33-26)23-16-21(32)15-22(27(23)38)19-3-4-25(24(31)13-19)37-12-7-34(2)28(37)39/h3-7,12-16,38H,8-11,17-18H2,1-2H3. The zero-order valence-corrected chi connectivity index (χ0v) is 22.6. The fraction of sp³-hybridized carbons (Fsp3) is 0.333. The van der Waals surface area contributed by atoms with Gasteiger partial charge in [-0.1, -0.05) is 24.6 Å². The first kappa shape index (κ1) is 24.4. The number of aromatic nitrogens is 3. The highest BCUT2D eigenvalue weighted by atomic mass is 35.5. The first-order valence-corrected chi connectivity index (χ1v) is 13.6. The van der Waals surface area contributed by atoms with Crippen molar-refractivity contribution in [2.75, 3.05) is 31.1 Å². The number of hydrogen-bond acceptors (Lipinski definition) is 5. The topological polar surface area (TPSA) is 66.5 Å². The number of anilines is 1. The third-order valence-corrected chi connectivity index (χ3v) is 9.35. The molecule has 0 spiro atoms. The van der Waals surface area contributed by atoms with E-state index in [-0.39, 0.29) is 11.4 Å². The molecule has 2 aliphatic carbocycles. The quantitative estimate of drug-likeness (QED) is 0.379. The Morgan fingerprint density at radius 2 is 1.64 bits per heavy atom. The summed E-state index contributed by atoms with van der Waals surface area (Å²) in [5.41, 5.74) is 3.25. The highest BCUT2D eigenvalue weighted by molar-refractivity contribution is 6.32. The van der Waals surface area contributed by atoms with Gasteiger partial charge in [-0.3, -0.25) is 9.47 Å². The molecule has 2 saturated carbocycles. The first-order valence-electron chi connectivity index (χ1n) is 13.2. The van der Waals surface area contributed by atoms with E-state index in [0.717, 1.165) is 32.0 Å². The van der Waals surface area contributed by atoms with E-state index in [2.05, 4.69) is 21.7 Å². The molecule has 0 amide bonds. The normalized spacial score (nSPS) is 24.1. The highest BCUT2D eigenvalue weighted by Crippen LogP contribution is 2.81. The molecule has 1 aliphatic heterocycles. The summed E-state index contributed by atoms with van der Waals surface area (Å²) in [7, 11) is 1.66. The predicted molar refractivity (Wildman–Crippen MR) is 150 cm³/mol. The Bertz CT molecular complexity index is 1680. The summed E-state index contributed by atoms with van der Waals surface area (Å²) in [5.74, 6) is 0.310. The molecule has 3 heterocycles. The summed E-state index contributed by atoms with van der Waals surface area (Å²) in [4.78, 5) is 21.9. The molecule has 2 aromatic heterocycles. The van der Waals surface area contributed by atoms with Crippen LogP contribution in [0.15, 0.2) is 65.8 Å². The van der Waals surface area contributed by atoms with E-state index in [9.17, 15) is 14.3 Å². The van der Waals surface area contributed by atoms with Gasteiger partial charge in [-0.15, -0.1) is 0 Å². The minimum Gasteiger partial charge on any atom is -0.507 e. The van der Waals surface area contributed by atoms with Crippen LogP contribution in [0.4, 0.5) is 10.2 Å². The maximum atomic E-state index is 14.9. The van der Waals surface area contributed by atoms with Crippen LogP contribution in [0.2, 0.25) is 5.02 Å². The van der Waals surface area contributed by atoms with Crippen LogP contribution in [0.1, 0.15) is 19.8 Å². The lowest BCUT2D eigenvalue weighted by atomic mass is 9.97. The van der Waals surface area contributed by atoms with Crippen LogP contribution >= 0.6 is 11.6 Å². The van der Waals surface area contributed by atoms with Crippen LogP contribution in [-0.2, 0) is 7.05 Å². The van der Waals surface area contributed by atoms with E-state index < -0.39 is 5.82 Å². The van der Waals surface area contributed by atoms with Crippen LogP contribution in [-0.4, -0.2) is 55.8 Å². The molecule has 39 heavy (non-hydrogen) atoms. The van der Waals surface area contributed by atoms with Crippen molar-refractivity contribution in [2.24, 2.45) is 12.5 Å². The number of pyridine rings is 1. The molecule has 1 N–H and O–H groups in total. The number of piperazine rings is 1. The van der Waals surface area contributed by atoms with Crippen LogP contribution < -0.4 is 10.6 Å². The molecule has 3 aliphatic rings. The van der Waals surface area contributed by atoms with Gasteiger partial charge in [-0.05, 0) is 65.8 Å². The summed E-state index contributed by atoms with van der Waals surface area (Å²) in [6, 6.07) is 11.4. The van der Waals surface area contributed by atoms with E-state index in [1.807, 2.05) is 6.07 Å². The lowest BCUT2D eigenvalue weighted by molar-refractivity contribution is 0.206. The predicted octanol–water partition coefficient (Wildman–Crippen LogP) is 5.08. The van der Waals surface area contributed by atoms with Gasteiger partial charge in [-0.25, -0.2) is 14.2 Å². The Hall–Kier alpha value is -3.62. The van der Waals surface area contributed by atoms with Crippen molar-refractivity contribution >= 4 is 17.4 Å². The van der Waals surface area contributed by atoms with Crippen molar-refractivity contribution in [3.63, 3.8) is 0 Å². The van der Waals surface area contributed by atoms with E-state index in [4.69, 9.17) is 11.6 Å². The van der Waals surface area contributed by atoms with Crippen molar-refractivity contribution in [1.82, 2.24) is 19.0 Å². The Morgan fingerprint density at radius 1 is 0.974 bits per heavy atom. The van der Waals surface area contributed by atoms with E-state index in [1.165, 1.54) is 34.1 Å². The molecule has 1 saturated heterocycles. The summed E-state index contributed by atoms with van der Waals surface area (Å²) in [6.07, 6.45) is 7.65. The lowest BCUT2D eigenvalue weighted by Crippen LogP contribution is -2.49. The van der Waals surface area contributed by atoms with Gasteiger partial charge in [0, 0.05) is 68.5 Å². The summed E-state index contributed by atoms with van der Waals surface area (Å²) in [5, 5.41) is 11.6. The number of rotatable bonds is 5. The number of halogens is 2. The number of nitrogens with zero attached hydrogens (tertiary/aromatic N) is 5. The number of benzene rings is 2. The van der Waals surface area contributed by atoms with Crippen molar-refractivity contribution in [1.29, 1.82) is 0 Å². The van der Waals surface area contributed by atoms with Gasteiger partial charge >= 0.3 is 5.69 Å². The van der Waals surface area contributed by atoms with Crippen LogP contribution in [0, 0.1) is 11.2 Å². The molecule has 0 unspecified atom stereocenters. The molecular formula is C30H29ClFN5O2. The second-order valence-electron chi connectivity index (χ2n) is 11.4. The van der Waals surface area contributed by atoms with Gasteiger partial charge in [0.05, 0.1) is 10.7 Å². The maximum absolute atomic E-state index is 14.9. The summed E-state index contributed by atoms with van der Waals surface area (Å²) < 4.78 is 17.8. The molecule has 7 rings (SSSR count). The molecule has 2 aromatic carbocycles. The Kier molecular flexibility index (Phi) is 5.28. The van der Waals surface area contributed by atoms with Crippen LogP contribution in [0.25, 0.3) is 27.9 Å². The molecule has 0 bridgehead atoms. The second-order valence-corrected chi connectivity index (χ2v) is 11.8. The monoisotopic (exact) mass is 545 g/mol. The number of fused-ring (bicyclic) bond motifs is 1. The average Bonchev–Trinajstić information content (AvgIpc) is 3.69. The Balaban J connectivity index is 1.17. The lowest BCUT2D eigenvalue weighted by Gasteiger charge is -2.37. The molecule has 200 valence electrons. The van der Waals surface area contributed by atoms with Crippen molar-refractivity contribution in [3.8, 4) is 33.7 Å². The third-order valence-electron chi connectivity index (χ3n) is 9.04. The fourth-order valence-electron chi connectivity index (χ4n) is 6.44. The molecule has 7 nitrogen and oxygen atoms in total. The summed E-state index contributed by atoms with van der Waals surface area (Å²) >= 11 is 6.54. The van der Waals surface area contributed by atoms with Crippen LogP contribution in [0.3, 0.4) is 0 Å². The number of aryl methyl sites for hydroxylation is 1. The summed E-state index contributed by atoms with van der Waals surface area (Å²) in [6.45, 7) is 6.20. The number of hydrogen-bond donors (Lipinski definition) is 1. The molecular weight excluding hydrogens is 517 g/mol. The third kappa shape index (κ3) is 3.80. The molecule has 9 heteroatoms. The van der Waals surface area contributed by atoms with E-state index in [1.54, 1.807) is 49.9 Å². The maximum Gasteiger partial charge on any atom is 0.332 e. The van der Waals surface area contributed by atoms with Crippen LogP contribution in [0.5, 0.6) is 5.75 Å². The van der Waals surface area contributed by atoms with Crippen molar-refractivity contribution in [3.05, 3.63) is 82.4 Å². The van der Waals surface area contributed by atoms with E-state index in [0.29, 0.717) is 43.9 Å². The average molecular weight is 546 g/mol. The Morgan fingerprint density at radius 3 is 2.23 bits per heavy atom. The number of imidazole rings is 1. The van der Waals surface area contributed by atoms with Gasteiger partial charge in [0.1, 0.15) is 17.4 Å². The zero-order chi connectivity index (χ0) is 27.1. The fourth-order valence-corrected chi connectivity index (χ4v) is 6.71. The molecule has 3 fully saturated rings. The largest absolute Gasteiger partial charge is 0.507 e. The van der Waals surface area contributed by atoms with Gasteiger partial charge in [0.15, 0.2) is 0 Å². The minimum atomic E-state index is -0.472. The van der Waals surface area contributed by atoms with Gasteiger partial charge < -0.3 is 14.6 Å². The highest BCUT2D eigenvalue weighted by Gasteiger charge is 2.82. The van der Waals surface area contributed by atoms with Gasteiger partial charge in [0.25, 0.3) is 0 Å². The van der Waals surface area contributed by atoms with E-state index >= 15 is 0 Å². The SMILES string of the molecule is Cn1ccn(-c2ccc(-c3cc(F)cc(-c4ccnc(N5CCN(C67CC6(C)C7)CC5)c4)c3O)cc2Cl)c1=O. The van der Waals surface area contributed by atoms with Crippen molar-refractivity contribution in [2.45, 2.75) is 25.3 Å². The molecule has 4 aromatic rings. The van der Waals surface area contributed by atoms with Crippen molar-refractivity contribution < 1.29 is 9.50 Å². The minimum absolute atomic E-state index is 0.0417. The first-order chi connectivity index (χ1) is 18.7. The smallest absolute Gasteiger partial charge is 0.332 e. The zero-order valence-electron chi connectivity index (χ0n) is 21.9. The Labute approximate surface area is 230 Å². The van der Waals surface area contributed by atoms with Gasteiger partial charge in [-0.2, -0.15) is 0 Å². The molecule has 0 atom stereocenters. The molecule has 0 radical (unpaired) electrons. The number of aromatic hydroxyl groups is 1. The number of phenolic OH excluding ortho intramolecular Hbond substituents is 1. The second kappa shape index (κ2) is 8.44. The van der Waals surface area contributed by atoms with Gasteiger partial charge in [0.2, 0.25) is 0 Å². The number of phenols is 1.